The molecule has 0 amide bonds. The Labute approximate surface area is 153 Å². The van der Waals surface area contributed by atoms with Crippen molar-refractivity contribution < 1.29 is 9.22 Å². The van der Waals surface area contributed by atoms with E-state index in [1.54, 1.807) is 0 Å². The molecule has 134 valence electrons. The van der Waals surface area contributed by atoms with E-state index in [0.717, 1.165) is 11.3 Å². The lowest BCUT2D eigenvalue weighted by Crippen LogP contribution is -2.43. The van der Waals surface area contributed by atoms with Gasteiger partial charge in [-0.15, -0.1) is 0 Å². The molecular weight excluding hydrogens is 324 g/mol. The van der Waals surface area contributed by atoms with E-state index in [4.69, 9.17) is 4.43 Å². The minimum atomic E-state index is -1.81. The molecule has 0 bridgehead atoms. The molecular formula is C22H30O2Si. The van der Waals surface area contributed by atoms with Gasteiger partial charge < -0.3 is 4.43 Å². The monoisotopic (exact) mass is 354 g/mol. The van der Waals surface area contributed by atoms with Crippen LogP contribution in [0.15, 0.2) is 54.6 Å². The normalized spacial score (nSPS) is 13.4. The van der Waals surface area contributed by atoms with E-state index in [2.05, 4.69) is 52.9 Å². The summed E-state index contributed by atoms with van der Waals surface area (Å²) in [5.74, 6) is 1.31. The highest BCUT2D eigenvalue weighted by Crippen LogP contribution is 2.37. The van der Waals surface area contributed by atoms with Crippen molar-refractivity contribution in [2.75, 3.05) is 0 Å². The predicted molar refractivity (Wildman–Crippen MR) is 108 cm³/mol. The van der Waals surface area contributed by atoms with E-state index in [9.17, 15) is 4.79 Å². The van der Waals surface area contributed by atoms with Crippen molar-refractivity contribution in [1.82, 2.24) is 0 Å². The van der Waals surface area contributed by atoms with Gasteiger partial charge in [0.2, 0.25) is 8.32 Å². The van der Waals surface area contributed by atoms with Gasteiger partial charge in [-0.2, -0.15) is 0 Å². The highest BCUT2D eigenvalue weighted by Gasteiger charge is 2.38. The number of benzene rings is 2. The molecule has 3 heteroatoms. The van der Waals surface area contributed by atoms with Crippen LogP contribution in [0.2, 0.25) is 18.1 Å². The van der Waals surface area contributed by atoms with Crippen molar-refractivity contribution in [3.8, 4) is 5.75 Å². The molecule has 2 aromatic rings. The summed E-state index contributed by atoms with van der Waals surface area (Å²) in [7, 11) is -1.81. The van der Waals surface area contributed by atoms with Crippen LogP contribution in [-0.4, -0.2) is 14.1 Å². The van der Waals surface area contributed by atoms with Crippen LogP contribution in [0, 0.1) is 0 Å². The van der Waals surface area contributed by atoms with Crippen molar-refractivity contribution in [3.63, 3.8) is 0 Å². The first-order chi connectivity index (χ1) is 11.6. The number of ketones is 1. The average Bonchev–Trinajstić information content (AvgIpc) is 2.55. The zero-order valence-corrected chi connectivity index (χ0v) is 17.3. The van der Waals surface area contributed by atoms with Gasteiger partial charge in [0.1, 0.15) is 5.75 Å². The summed E-state index contributed by atoms with van der Waals surface area (Å²) < 4.78 is 6.32. The molecule has 25 heavy (non-hydrogen) atoms. The Morgan fingerprint density at radius 3 is 2.08 bits per heavy atom. The smallest absolute Gasteiger partial charge is 0.250 e. The van der Waals surface area contributed by atoms with E-state index >= 15 is 0 Å². The fourth-order valence-corrected chi connectivity index (χ4v) is 3.48. The first-order valence-corrected chi connectivity index (χ1v) is 11.9. The van der Waals surface area contributed by atoms with Crippen LogP contribution < -0.4 is 4.43 Å². The molecule has 0 fully saturated rings. The lowest BCUT2D eigenvalue weighted by atomic mass is 9.93. The number of rotatable bonds is 6. The van der Waals surface area contributed by atoms with E-state index in [1.165, 1.54) is 5.56 Å². The lowest BCUT2D eigenvalue weighted by molar-refractivity contribution is 0.0975. The molecule has 0 aliphatic heterocycles. The average molecular weight is 355 g/mol. The minimum absolute atomic E-state index is 0.182. The number of Topliss-reactive ketones (excluding diaryl/α,β-unsaturated/α-hetero) is 1. The van der Waals surface area contributed by atoms with Gasteiger partial charge in [-0.3, -0.25) is 4.79 Å². The summed E-state index contributed by atoms with van der Waals surface area (Å²) in [6, 6.07) is 17.8. The van der Waals surface area contributed by atoms with Gasteiger partial charge in [-0.1, -0.05) is 70.2 Å². The van der Waals surface area contributed by atoms with Crippen LogP contribution in [-0.2, 0) is 0 Å². The molecule has 1 unspecified atom stereocenters. The molecule has 1 atom stereocenters. The molecule has 0 radical (unpaired) electrons. The first-order valence-electron chi connectivity index (χ1n) is 8.97. The van der Waals surface area contributed by atoms with E-state index in [0.29, 0.717) is 6.42 Å². The summed E-state index contributed by atoms with van der Waals surface area (Å²) in [6.07, 6.45) is 0.520. The Kier molecular flexibility index (Phi) is 5.89. The van der Waals surface area contributed by atoms with Gasteiger partial charge in [0.25, 0.3) is 0 Å². The van der Waals surface area contributed by atoms with E-state index in [-0.39, 0.29) is 16.7 Å². The van der Waals surface area contributed by atoms with Crippen molar-refractivity contribution in [1.29, 1.82) is 0 Å². The third kappa shape index (κ3) is 5.05. The SMILES string of the molecule is CC(CC(=O)c1ccccc1)c1ccc(O[Si](C)(C)C(C)(C)C)cc1. The van der Waals surface area contributed by atoms with Crippen molar-refractivity contribution >= 4 is 14.1 Å². The maximum absolute atomic E-state index is 12.4. The fourth-order valence-electron chi connectivity index (χ4n) is 2.45. The molecule has 2 aromatic carbocycles. The quantitative estimate of drug-likeness (QED) is 0.440. The number of carbonyl (C=O) groups is 1. The number of carbonyl (C=O) groups excluding carboxylic acids is 1. The molecule has 2 rings (SSSR count). The van der Waals surface area contributed by atoms with Gasteiger partial charge in [0.05, 0.1) is 0 Å². The highest BCUT2D eigenvalue weighted by atomic mass is 28.4. The van der Waals surface area contributed by atoms with Crippen LogP contribution in [0.4, 0.5) is 0 Å². The Hall–Kier alpha value is -1.87. The third-order valence-corrected chi connectivity index (χ3v) is 9.57. The topological polar surface area (TPSA) is 26.3 Å². The molecule has 0 spiro atoms. The summed E-state index contributed by atoms with van der Waals surface area (Å²) in [5, 5.41) is 0.182. The van der Waals surface area contributed by atoms with E-state index < -0.39 is 8.32 Å². The number of hydrogen-bond acceptors (Lipinski definition) is 2. The Balaban J connectivity index is 2.03. The Morgan fingerprint density at radius 1 is 1.00 bits per heavy atom. The van der Waals surface area contributed by atoms with Gasteiger partial charge in [0.15, 0.2) is 5.78 Å². The second-order valence-corrected chi connectivity index (χ2v) is 13.1. The standard InChI is InChI=1S/C22H30O2Si/c1-17(16-21(23)19-10-8-7-9-11-19)18-12-14-20(15-13-18)24-25(5,6)22(2,3)4/h7-15,17H,16H2,1-6H3. The Bertz CT molecular complexity index is 697. The maximum atomic E-state index is 12.4. The molecule has 2 nitrogen and oxygen atoms in total. The molecule has 0 heterocycles. The summed E-state index contributed by atoms with van der Waals surface area (Å²) >= 11 is 0. The molecule has 0 saturated carbocycles. The zero-order valence-electron chi connectivity index (χ0n) is 16.3. The van der Waals surface area contributed by atoms with Crippen LogP contribution in [0.3, 0.4) is 0 Å². The summed E-state index contributed by atoms with van der Waals surface area (Å²) in [6.45, 7) is 13.3. The van der Waals surface area contributed by atoms with Crippen LogP contribution in [0.25, 0.3) is 0 Å². The fraction of sp³-hybridized carbons (Fsp3) is 0.409. The molecule has 0 saturated heterocycles. The summed E-state index contributed by atoms with van der Waals surface area (Å²) in [5.41, 5.74) is 1.96. The molecule has 0 aliphatic rings. The van der Waals surface area contributed by atoms with Gasteiger partial charge in [0, 0.05) is 12.0 Å². The molecule has 0 N–H and O–H groups in total. The molecule has 0 aromatic heterocycles. The van der Waals surface area contributed by atoms with E-state index in [1.807, 2.05) is 42.5 Å². The third-order valence-electron chi connectivity index (χ3n) is 5.22. The largest absolute Gasteiger partial charge is 0.544 e. The second kappa shape index (κ2) is 7.57. The lowest BCUT2D eigenvalue weighted by Gasteiger charge is -2.36. The predicted octanol–water partition coefficient (Wildman–Crippen LogP) is 6.45. The molecule has 0 aliphatic carbocycles. The van der Waals surface area contributed by atoms with Crippen molar-refractivity contribution in [2.45, 2.75) is 58.2 Å². The van der Waals surface area contributed by atoms with Crippen molar-refractivity contribution in [3.05, 3.63) is 65.7 Å². The number of hydrogen-bond donors (Lipinski definition) is 0. The minimum Gasteiger partial charge on any atom is -0.544 e. The van der Waals surface area contributed by atoms with Crippen molar-refractivity contribution in [2.24, 2.45) is 0 Å². The van der Waals surface area contributed by atoms with Crippen LogP contribution in [0.1, 0.15) is 56.0 Å². The van der Waals surface area contributed by atoms with Crippen LogP contribution in [0.5, 0.6) is 5.75 Å². The second-order valence-electron chi connectivity index (χ2n) is 8.33. The van der Waals surface area contributed by atoms with Gasteiger partial charge in [-0.25, -0.2) is 0 Å². The summed E-state index contributed by atoms with van der Waals surface area (Å²) in [4.78, 5) is 12.4. The van der Waals surface area contributed by atoms with Gasteiger partial charge in [-0.05, 0) is 41.7 Å². The zero-order chi connectivity index (χ0) is 18.7. The van der Waals surface area contributed by atoms with Gasteiger partial charge >= 0.3 is 0 Å². The van der Waals surface area contributed by atoms with Crippen LogP contribution >= 0.6 is 0 Å². The Morgan fingerprint density at radius 2 is 1.56 bits per heavy atom. The maximum Gasteiger partial charge on any atom is 0.250 e. The highest BCUT2D eigenvalue weighted by molar-refractivity contribution is 6.74. The first kappa shape index (κ1) is 19.5.